The molecule has 0 aliphatic carbocycles. The summed E-state index contributed by atoms with van der Waals surface area (Å²) in [5.74, 6) is -1.14. The zero-order valence-electron chi connectivity index (χ0n) is 17.3. The standard InChI is InChI=1S/C25H23ClN2O3/c1-25(2)14-18-12-17(24(30)31)9-10-20(18)27-22(25)16-8-11-21(19(26)13-16)28-23(29)15-6-4-3-5-7-15/h3-13,22,27H,14H2,1-2H3,(H,28,29)(H,30,31). The van der Waals surface area contributed by atoms with E-state index in [-0.39, 0.29) is 22.9 Å². The number of carboxylic acid groups (broad SMARTS) is 1. The molecule has 6 heteroatoms. The van der Waals surface area contributed by atoms with Crippen LogP contribution in [-0.4, -0.2) is 17.0 Å². The number of amides is 1. The van der Waals surface area contributed by atoms with Gasteiger partial charge < -0.3 is 15.7 Å². The van der Waals surface area contributed by atoms with E-state index in [0.29, 0.717) is 16.3 Å². The molecule has 1 aliphatic rings. The lowest BCUT2D eigenvalue weighted by Gasteiger charge is -2.41. The maximum absolute atomic E-state index is 12.4. The predicted octanol–water partition coefficient (Wildman–Crippen LogP) is 6.03. The van der Waals surface area contributed by atoms with Crippen LogP contribution in [0.4, 0.5) is 11.4 Å². The van der Waals surface area contributed by atoms with Crippen LogP contribution < -0.4 is 10.6 Å². The van der Waals surface area contributed by atoms with E-state index >= 15 is 0 Å². The second-order valence-corrected chi connectivity index (χ2v) is 8.89. The van der Waals surface area contributed by atoms with Crippen LogP contribution in [0.1, 0.15) is 51.7 Å². The van der Waals surface area contributed by atoms with E-state index in [9.17, 15) is 14.7 Å². The van der Waals surface area contributed by atoms with Gasteiger partial charge in [-0.05, 0) is 65.4 Å². The van der Waals surface area contributed by atoms with Gasteiger partial charge in [0.2, 0.25) is 0 Å². The fourth-order valence-electron chi connectivity index (χ4n) is 4.09. The minimum Gasteiger partial charge on any atom is -0.478 e. The Morgan fingerprint density at radius 1 is 1.03 bits per heavy atom. The van der Waals surface area contributed by atoms with Gasteiger partial charge in [-0.25, -0.2) is 4.79 Å². The zero-order chi connectivity index (χ0) is 22.2. The second-order valence-electron chi connectivity index (χ2n) is 8.48. The Hall–Kier alpha value is -3.31. The molecule has 31 heavy (non-hydrogen) atoms. The highest BCUT2D eigenvalue weighted by Gasteiger charge is 2.36. The largest absolute Gasteiger partial charge is 0.478 e. The summed E-state index contributed by atoms with van der Waals surface area (Å²) in [5.41, 5.74) is 4.14. The molecule has 3 N–H and O–H groups in total. The van der Waals surface area contributed by atoms with Crippen molar-refractivity contribution in [2.75, 3.05) is 10.6 Å². The van der Waals surface area contributed by atoms with Gasteiger partial charge >= 0.3 is 5.97 Å². The molecule has 158 valence electrons. The minimum atomic E-state index is -0.928. The third-order valence-electron chi connectivity index (χ3n) is 5.69. The number of nitrogens with one attached hydrogen (secondary N) is 2. The van der Waals surface area contributed by atoms with Crippen molar-refractivity contribution < 1.29 is 14.7 Å². The molecule has 4 rings (SSSR count). The first-order chi connectivity index (χ1) is 14.7. The number of carbonyl (C=O) groups excluding carboxylic acids is 1. The van der Waals surface area contributed by atoms with Crippen molar-refractivity contribution >= 4 is 34.9 Å². The fraction of sp³-hybridized carbons (Fsp3) is 0.200. The van der Waals surface area contributed by atoms with Crippen LogP contribution in [0.25, 0.3) is 0 Å². The van der Waals surface area contributed by atoms with Crippen molar-refractivity contribution in [1.29, 1.82) is 0 Å². The molecule has 0 fully saturated rings. The molecule has 0 saturated heterocycles. The third kappa shape index (κ3) is 4.28. The topological polar surface area (TPSA) is 78.4 Å². The number of rotatable bonds is 4. The summed E-state index contributed by atoms with van der Waals surface area (Å²) in [6, 6.07) is 19.8. The quantitative estimate of drug-likeness (QED) is 0.468. The van der Waals surface area contributed by atoms with Crippen LogP contribution in [0.15, 0.2) is 66.7 Å². The zero-order valence-corrected chi connectivity index (χ0v) is 18.0. The first-order valence-corrected chi connectivity index (χ1v) is 10.4. The molecular weight excluding hydrogens is 412 g/mol. The Labute approximate surface area is 186 Å². The third-order valence-corrected chi connectivity index (χ3v) is 6.00. The number of carboxylic acids is 1. The fourth-order valence-corrected chi connectivity index (χ4v) is 4.32. The number of hydrogen-bond donors (Lipinski definition) is 3. The molecule has 0 radical (unpaired) electrons. The summed E-state index contributed by atoms with van der Waals surface area (Å²) >= 11 is 6.52. The Kier molecular flexibility index (Phi) is 5.46. The maximum atomic E-state index is 12.4. The number of aromatic carboxylic acids is 1. The van der Waals surface area contributed by atoms with Crippen LogP contribution in [-0.2, 0) is 6.42 Å². The average molecular weight is 435 g/mol. The normalized spacial score (nSPS) is 16.7. The Bertz CT molecular complexity index is 1160. The first kappa shape index (κ1) is 20.9. The summed E-state index contributed by atoms with van der Waals surface area (Å²) in [5, 5.41) is 16.1. The smallest absolute Gasteiger partial charge is 0.335 e. The van der Waals surface area contributed by atoms with E-state index in [1.54, 1.807) is 24.3 Å². The van der Waals surface area contributed by atoms with Crippen molar-refractivity contribution in [2.45, 2.75) is 26.3 Å². The van der Waals surface area contributed by atoms with Crippen molar-refractivity contribution in [3.05, 3.63) is 94.0 Å². The monoisotopic (exact) mass is 434 g/mol. The van der Waals surface area contributed by atoms with Gasteiger partial charge in [0, 0.05) is 11.3 Å². The number of hydrogen-bond acceptors (Lipinski definition) is 3. The maximum Gasteiger partial charge on any atom is 0.335 e. The van der Waals surface area contributed by atoms with Crippen molar-refractivity contribution in [3.63, 3.8) is 0 Å². The molecule has 1 heterocycles. The van der Waals surface area contributed by atoms with Crippen LogP contribution in [0.3, 0.4) is 0 Å². The summed E-state index contributed by atoms with van der Waals surface area (Å²) in [6.07, 6.45) is 0.727. The van der Waals surface area contributed by atoms with Gasteiger partial charge in [-0.1, -0.05) is 49.7 Å². The molecule has 3 aromatic carbocycles. The number of halogens is 1. The molecular formula is C25H23ClN2O3. The van der Waals surface area contributed by atoms with Crippen LogP contribution in [0.5, 0.6) is 0 Å². The van der Waals surface area contributed by atoms with Gasteiger partial charge in [-0.2, -0.15) is 0 Å². The van der Waals surface area contributed by atoms with Gasteiger partial charge in [0.1, 0.15) is 0 Å². The number of benzene rings is 3. The van der Waals surface area contributed by atoms with Crippen LogP contribution in [0.2, 0.25) is 5.02 Å². The lowest BCUT2D eigenvalue weighted by atomic mass is 9.72. The molecule has 1 unspecified atom stereocenters. The number of carbonyl (C=O) groups is 2. The average Bonchev–Trinajstić information content (AvgIpc) is 2.74. The highest BCUT2D eigenvalue weighted by molar-refractivity contribution is 6.34. The van der Waals surface area contributed by atoms with Crippen LogP contribution in [0, 0.1) is 5.41 Å². The summed E-state index contributed by atoms with van der Waals surface area (Å²) in [6.45, 7) is 4.28. The molecule has 0 saturated carbocycles. The Balaban J connectivity index is 1.58. The number of fused-ring (bicyclic) bond motifs is 1. The minimum absolute atomic E-state index is 0.0212. The van der Waals surface area contributed by atoms with E-state index in [0.717, 1.165) is 23.2 Å². The molecule has 0 aromatic heterocycles. The molecule has 0 bridgehead atoms. The van der Waals surface area contributed by atoms with Gasteiger partial charge in [0.05, 0.1) is 22.3 Å². The van der Waals surface area contributed by atoms with Gasteiger partial charge in [0.15, 0.2) is 0 Å². The molecule has 1 atom stereocenters. The Morgan fingerprint density at radius 3 is 2.45 bits per heavy atom. The first-order valence-electron chi connectivity index (χ1n) is 10.0. The van der Waals surface area contributed by atoms with Crippen molar-refractivity contribution in [1.82, 2.24) is 0 Å². The van der Waals surface area contributed by atoms with E-state index in [4.69, 9.17) is 11.6 Å². The molecule has 1 aliphatic heterocycles. The van der Waals surface area contributed by atoms with E-state index in [1.807, 2.05) is 42.5 Å². The van der Waals surface area contributed by atoms with E-state index in [1.165, 1.54) is 0 Å². The lowest BCUT2D eigenvalue weighted by Crippen LogP contribution is -2.35. The van der Waals surface area contributed by atoms with Crippen molar-refractivity contribution in [2.24, 2.45) is 5.41 Å². The predicted molar refractivity (Wildman–Crippen MR) is 123 cm³/mol. The lowest BCUT2D eigenvalue weighted by molar-refractivity contribution is 0.0696. The summed E-state index contributed by atoms with van der Waals surface area (Å²) in [7, 11) is 0. The highest BCUT2D eigenvalue weighted by atomic mass is 35.5. The highest BCUT2D eigenvalue weighted by Crippen LogP contribution is 2.45. The molecule has 5 nitrogen and oxygen atoms in total. The van der Waals surface area contributed by atoms with Crippen LogP contribution >= 0.6 is 11.6 Å². The van der Waals surface area contributed by atoms with Crippen molar-refractivity contribution in [3.8, 4) is 0 Å². The second kappa shape index (κ2) is 8.08. The van der Waals surface area contributed by atoms with E-state index in [2.05, 4.69) is 24.5 Å². The van der Waals surface area contributed by atoms with Gasteiger partial charge in [-0.15, -0.1) is 0 Å². The van der Waals surface area contributed by atoms with Gasteiger partial charge in [0.25, 0.3) is 5.91 Å². The summed E-state index contributed by atoms with van der Waals surface area (Å²) < 4.78 is 0. The molecule has 3 aromatic rings. The molecule has 1 amide bonds. The van der Waals surface area contributed by atoms with Gasteiger partial charge in [-0.3, -0.25) is 4.79 Å². The SMILES string of the molecule is CC1(C)Cc2cc(C(=O)O)ccc2NC1c1ccc(NC(=O)c2ccccc2)c(Cl)c1. The number of anilines is 2. The van der Waals surface area contributed by atoms with E-state index < -0.39 is 5.97 Å². The summed E-state index contributed by atoms with van der Waals surface area (Å²) in [4.78, 5) is 23.8. The molecule has 0 spiro atoms. The Morgan fingerprint density at radius 2 is 1.77 bits per heavy atom.